The molecule has 1 unspecified atom stereocenters. The molecule has 5 nitrogen and oxygen atoms in total. The Bertz CT molecular complexity index is 525. The predicted octanol–water partition coefficient (Wildman–Crippen LogP) is 1.66. The maximum Gasteiger partial charge on any atom is 0.252 e. The zero-order chi connectivity index (χ0) is 14.6. The first-order valence-electron chi connectivity index (χ1n) is 6.91. The Kier molecular flexibility index (Phi) is 5.57. The summed E-state index contributed by atoms with van der Waals surface area (Å²) in [6.07, 6.45) is 1.83. The molecule has 20 heavy (non-hydrogen) atoms. The second-order valence-corrected chi connectivity index (χ2v) is 7.96. The highest BCUT2D eigenvalue weighted by Crippen LogP contribution is 2.27. The molecule has 1 saturated heterocycles. The average molecular weight is 318 g/mol. The summed E-state index contributed by atoms with van der Waals surface area (Å²) in [7, 11) is -1.52. The van der Waals surface area contributed by atoms with Crippen LogP contribution in [0.15, 0.2) is 15.7 Å². The summed E-state index contributed by atoms with van der Waals surface area (Å²) in [5.74, 6) is 0. The number of nitrogens with zero attached hydrogens (tertiary/aromatic N) is 1. The van der Waals surface area contributed by atoms with Gasteiger partial charge in [-0.3, -0.25) is 0 Å². The van der Waals surface area contributed by atoms with Gasteiger partial charge in [0.05, 0.1) is 6.10 Å². The summed E-state index contributed by atoms with van der Waals surface area (Å²) in [5.41, 5.74) is 1.01. The van der Waals surface area contributed by atoms with Crippen LogP contribution in [0.5, 0.6) is 0 Å². The molecule has 114 valence electrons. The minimum Gasteiger partial charge on any atom is -0.377 e. The van der Waals surface area contributed by atoms with Gasteiger partial charge >= 0.3 is 0 Å². The lowest BCUT2D eigenvalue weighted by Crippen LogP contribution is -2.42. The van der Waals surface area contributed by atoms with E-state index in [1.165, 1.54) is 11.3 Å². The highest BCUT2D eigenvalue weighted by Gasteiger charge is 2.31. The lowest BCUT2D eigenvalue weighted by molar-refractivity contribution is 0.0265. The molecule has 1 aromatic rings. The highest BCUT2D eigenvalue weighted by molar-refractivity contribution is 7.91. The van der Waals surface area contributed by atoms with E-state index in [1.54, 1.807) is 10.4 Å². The normalized spacial score (nSPS) is 21.2. The van der Waals surface area contributed by atoms with Crippen molar-refractivity contribution in [1.82, 2.24) is 9.62 Å². The SMILES string of the molecule is CCOC1CCCN(S(=O)(=O)c2cc(CNC)cs2)C1. The summed E-state index contributed by atoms with van der Waals surface area (Å²) in [6.45, 7) is 4.31. The standard InChI is InChI=1S/C13H22N2O3S2/c1-3-18-12-5-4-6-15(9-12)20(16,17)13-7-11(8-14-2)10-19-13/h7,10,12,14H,3-6,8-9H2,1-2H3. The maximum absolute atomic E-state index is 12.6. The van der Waals surface area contributed by atoms with Gasteiger partial charge in [-0.25, -0.2) is 8.42 Å². The fraction of sp³-hybridized carbons (Fsp3) is 0.692. The molecule has 0 bridgehead atoms. The molecule has 1 aliphatic rings. The second kappa shape index (κ2) is 7.00. The Morgan fingerprint density at radius 3 is 3.05 bits per heavy atom. The molecular formula is C13H22N2O3S2. The van der Waals surface area contributed by atoms with Gasteiger partial charge in [0, 0.05) is 26.2 Å². The van der Waals surface area contributed by atoms with E-state index in [2.05, 4.69) is 5.32 Å². The zero-order valence-corrected chi connectivity index (χ0v) is 13.6. The van der Waals surface area contributed by atoms with Crippen LogP contribution in [0.4, 0.5) is 0 Å². The third kappa shape index (κ3) is 3.59. The van der Waals surface area contributed by atoms with Gasteiger partial charge < -0.3 is 10.1 Å². The summed E-state index contributed by atoms with van der Waals surface area (Å²) < 4.78 is 32.8. The zero-order valence-electron chi connectivity index (χ0n) is 12.0. The molecule has 0 amide bonds. The van der Waals surface area contributed by atoms with Crippen molar-refractivity contribution in [2.75, 3.05) is 26.7 Å². The van der Waals surface area contributed by atoms with Crippen LogP contribution in [0.25, 0.3) is 0 Å². The molecule has 1 fully saturated rings. The van der Waals surface area contributed by atoms with E-state index in [-0.39, 0.29) is 6.10 Å². The van der Waals surface area contributed by atoms with Crippen molar-refractivity contribution in [3.63, 3.8) is 0 Å². The van der Waals surface area contributed by atoms with E-state index in [4.69, 9.17) is 4.74 Å². The second-order valence-electron chi connectivity index (χ2n) is 4.89. The van der Waals surface area contributed by atoms with E-state index < -0.39 is 10.0 Å². The fourth-order valence-corrected chi connectivity index (χ4v) is 5.28. The fourth-order valence-electron chi connectivity index (χ4n) is 2.41. The van der Waals surface area contributed by atoms with Crippen molar-refractivity contribution < 1.29 is 13.2 Å². The van der Waals surface area contributed by atoms with Crippen LogP contribution in [0.2, 0.25) is 0 Å². The maximum atomic E-state index is 12.6. The van der Waals surface area contributed by atoms with Crippen LogP contribution < -0.4 is 5.32 Å². The van der Waals surface area contributed by atoms with Crippen molar-refractivity contribution in [2.45, 2.75) is 36.6 Å². The predicted molar refractivity (Wildman–Crippen MR) is 80.5 cm³/mol. The van der Waals surface area contributed by atoms with E-state index >= 15 is 0 Å². The van der Waals surface area contributed by atoms with Gasteiger partial charge in [-0.15, -0.1) is 11.3 Å². The number of hydrogen-bond acceptors (Lipinski definition) is 5. The molecule has 0 aliphatic carbocycles. The van der Waals surface area contributed by atoms with Crippen molar-refractivity contribution in [3.8, 4) is 0 Å². The van der Waals surface area contributed by atoms with Crippen molar-refractivity contribution in [2.24, 2.45) is 0 Å². The molecule has 2 rings (SSSR count). The molecular weight excluding hydrogens is 296 g/mol. The largest absolute Gasteiger partial charge is 0.377 e. The summed E-state index contributed by atoms with van der Waals surface area (Å²) in [6, 6.07) is 1.76. The smallest absolute Gasteiger partial charge is 0.252 e. The lowest BCUT2D eigenvalue weighted by Gasteiger charge is -2.31. The van der Waals surface area contributed by atoms with Crippen LogP contribution in [0, 0.1) is 0 Å². The van der Waals surface area contributed by atoms with E-state index in [9.17, 15) is 8.42 Å². The van der Waals surface area contributed by atoms with Gasteiger partial charge in [0.1, 0.15) is 4.21 Å². The third-order valence-electron chi connectivity index (χ3n) is 3.35. The molecule has 0 aromatic carbocycles. The van der Waals surface area contributed by atoms with Crippen molar-refractivity contribution >= 4 is 21.4 Å². The topological polar surface area (TPSA) is 58.6 Å². The van der Waals surface area contributed by atoms with Crippen molar-refractivity contribution in [3.05, 3.63) is 17.0 Å². The van der Waals surface area contributed by atoms with Crippen molar-refractivity contribution in [1.29, 1.82) is 0 Å². The van der Waals surface area contributed by atoms with Crippen LogP contribution in [-0.4, -0.2) is 45.6 Å². The van der Waals surface area contributed by atoms with Gasteiger partial charge in [-0.2, -0.15) is 4.31 Å². The number of rotatable bonds is 6. The molecule has 2 heterocycles. The third-order valence-corrected chi connectivity index (χ3v) is 6.68. The number of hydrogen-bond donors (Lipinski definition) is 1. The van der Waals surface area contributed by atoms with Crippen LogP contribution in [0.1, 0.15) is 25.3 Å². The number of thiophene rings is 1. The van der Waals surface area contributed by atoms with Crippen LogP contribution >= 0.6 is 11.3 Å². The van der Waals surface area contributed by atoms with E-state index in [1.807, 2.05) is 19.4 Å². The number of nitrogens with one attached hydrogen (secondary N) is 1. The first-order valence-corrected chi connectivity index (χ1v) is 9.23. The number of sulfonamides is 1. The molecule has 1 atom stereocenters. The quantitative estimate of drug-likeness (QED) is 0.866. The monoisotopic (exact) mass is 318 g/mol. The molecule has 1 aliphatic heterocycles. The molecule has 0 saturated carbocycles. The van der Waals surface area contributed by atoms with Gasteiger partial charge in [0.2, 0.25) is 0 Å². The molecule has 1 N–H and O–H groups in total. The molecule has 0 radical (unpaired) electrons. The van der Waals surface area contributed by atoms with E-state index in [0.29, 0.717) is 30.5 Å². The Labute approximate surface area is 125 Å². The minimum absolute atomic E-state index is 0.0280. The first-order chi connectivity index (χ1) is 9.57. The lowest BCUT2D eigenvalue weighted by atomic mass is 10.1. The summed E-state index contributed by atoms with van der Waals surface area (Å²) in [4.78, 5) is 0. The Hall–Kier alpha value is -0.470. The first kappa shape index (κ1) is 15.9. The number of piperidine rings is 1. The highest BCUT2D eigenvalue weighted by atomic mass is 32.2. The van der Waals surface area contributed by atoms with Gasteiger partial charge in [0.15, 0.2) is 0 Å². The molecule has 7 heteroatoms. The number of ether oxygens (including phenoxy) is 1. The van der Waals surface area contributed by atoms with Crippen LogP contribution in [0.3, 0.4) is 0 Å². The molecule has 0 spiro atoms. The van der Waals surface area contributed by atoms with Gasteiger partial charge in [0.25, 0.3) is 10.0 Å². The van der Waals surface area contributed by atoms with Crippen LogP contribution in [-0.2, 0) is 21.3 Å². The molecule has 1 aromatic heterocycles. The Balaban J connectivity index is 2.12. The average Bonchev–Trinajstić information content (AvgIpc) is 2.89. The Morgan fingerprint density at radius 2 is 2.35 bits per heavy atom. The van der Waals surface area contributed by atoms with E-state index in [0.717, 1.165) is 18.4 Å². The summed E-state index contributed by atoms with van der Waals surface area (Å²) >= 11 is 1.29. The van der Waals surface area contributed by atoms with Gasteiger partial charge in [-0.05, 0) is 43.8 Å². The van der Waals surface area contributed by atoms with Gasteiger partial charge in [-0.1, -0.05) is 0 Å². The Morgan fingerprint density at radius 1 is 1.55 bits per heavy atom. The summed E-state index contributed by atoms with van der Waals surface area (Å²) in [5, 5.41) is 4.93. The minimum atomic E-state index is -3.37.